The lowest BCUT2D eigenvalue weighted by Gasteiger charge is -2.15. The van der Waals surface area contributed by atoms with E-state index in [0.29, 0.717) is 11.6 Å². The van der Waals surface area contributed by atoms with Crippen molar-refractivity contribution < 1.29 is 23.5 Å². The highest BCUT2D eigenvalue weighted by atomic mass is 79.9. The van der Waals surface area contributed by atoms with E-state index in [0.717, 1.165) is 16.6 Å². The van der Waals surface area contributed by atoms with Crippen LogP contribution in [0.25, 0.3) is 0 Å². The van der Waals surface area contributed by atoms with Gasteiger partial charge < -0.3 is 10.4 Å². The van der Waals surface area contributed by atoms with E-state index in [1.54, 1.807) is 24.3 Å². The largest absolute Gasteiger partial charge is 0.480 e. The summed E-state index contributed by atoms with van der Waals surface area (Å²) in [5.41, 5.74) is 0.417. The van der Waals surface area contributed by atoms with Gasteiger partial charge in [0.1, 0.15) is 17.7 Å². The summed E-state index contributed by atoms with van der Waals surface area (Å²) >= 11 is 3.27. The standard InChI is InChI=1S/C16H12BrF2NO3/c17-11-3-1-2-9(4-11)5-14(16(22)23)20-15(21)10-6-12(18)8-13(19)7-10/h1-4,6-8,14H,5H2,(H,20,21)(H,22,23)/t14-/m0/s1. The van der Waals surface area contributed by atoms with Crippen molar-refractivity contribution in [3.8, 4) is 0 Å². The molecule has 2 aromatic rings. The first kappa shape index (κ1) is 17.1. The van der Waals surface area contributed by atoms with Crippen molar-refractivity contribution in [1.82, 2.24) is 5.32 Å². The van der Waals surface area contributed by atoms with Crippen molar-refractivity contribution in [1.29, 1.82) is 0 Å². The summed E-state index contributed by atoms with van der Waals surface area (Å²) in [7, 11) is 0. The number of aliphatic carboxylic acids is 1. The third-order valence-electron chi connectivity index (χ3n) is 3.06. The molecule has 120 valence electrons. The maximum atomic E-state index is 13.1. The first-order valence-electron chi connectivity index (χ1n) is 6.59. The van der Waals surface area contributed by atoms with Crippen LogP contribution in [0.4, 0.5) is 8.78 Å². The van der Waals surface area contributed by atoms with Gasteiger partial charge >= 0.3 is 5.97 Å². The fourth-order valence-corrected chi connectivity index (χ4v) is 2.47. The summed E-state index contributed by atoms with van der Waals surface area (Å²) in [5, 5.41) is 11.5. The molecule has 2 N–H and O–H groups in total. The van der Waals surface area contributed by atoms with Crippen molar-refractivity contribution in [3.05, 3.63) is 69.7 Å². The van der Waals surface area contributed by atoms with E-state index >= 15 is 0 Å². The van der Waals surface area contributed by atoms with Crippen molar-refractivity contribution in [2.24, 2.45) is 0 Å². The van der Waals surface area contributed by atoms with Gasteiger partial charge in [0.15, 0.2) is 0 Å². The lowest BCUT2D eigenvalue weighted by molar-refractivity contribution is -0.139. The summed E-state index contributed by atoms with van der Waals surface area (Å²) < 4.78 is 27.0. The summed E-state index contributed by atoms with van der Waals surface area (Å²) in [6.07, 6.45) is 0.0400. The van der Waals surface area contributed by atoms with Crippen LogP contribution in [0.5, 0.6) is 0 Å². The first-order valence-corrected chi connectivity index (χ1v) is 7.38. The number of halogens is 3. The van der Waals surface area contributed by atoms with E-state index < -0.39 is 29.6 Å². The molecule has 0 radical (unpaired) electrons. The second-order valence-electron chi connectivity index (χ2n) is 4.86. The quantitative estimate of drug-likeness (QED) is 0.833. The van der Waals surface area contributed by atoms with Gasteiger partial charge in [-0.3, -0.25) is 4.79 Å². The van der Waals surface area contributed by atoms with Crippen molar-refractivity contribution in [2.45, 2.75) is 12.5 Å². The highest BCUT2D eigenvalue weighted by molar-refractivity contribution is 9.10. The molecular formula is C16H12BrF2NO3. The molecule has 0 aliphatic carbocycles. The van der Waals surface area contributed by atoms with Gasteiger partial charge in [0.2, 0.25) is 0 Å². The van der Waals surface area contributed by atoms with E-state index in [1.165, 1.54) is 0 Å². The summed E-state index contributed by atoms with van der Waals surface area (Å²) in [5.74, 6) is -3.91. The number of rotatable bonds is 5. The van der Waals surface area contributed by atoms with E-state index in [2.05, 4.69) is 21.2 Å². The van der Waals surface area contributed by atoms with Crippen LogP contribution in [-0.4, -0.2) is 23.0 Å². The van der Waals surface area contributed by atoms with Crippen LogP contribution in [0.3, 0.4) is 0 Å². The fourth-order valence-electron chi connectivity index (χ4n) is 2.03. The van der Waals surface area contributed by atoms with Crippen molar-refractivity contribution in [3.63, 3.8) is 0 Å². The molecule has 2 aromatic carbocycles. The molecule has 0 heterocycles. The van der Waals surface area contributed by atoms with Gasteiger partial charge in [-0.25, -0.2) is 13.6 Å². The van der Waals surface area contributed by atoms with Gasteiger partial charge in [0, 0.05) is 22.5 Å². The molecule has 7 heteroatoms. The Morgan fingerprint density at radius 2 is 1.78 bits per heavy atom. The van der Waals surface area contributed by atoms with Crippen LogP contribution in [-0.2, 0) is 11.2 Å². The topological polar surface area (TPSA) is 66.4 Å². The molecule has 0 spiro atoms. The van der Waals surface area contributed by atoms with Gasteiger partial charge in [0.25, 0.3) is 5.91 Å². The molecule has 0 bridgehead atoms. The zero-order chi connectivity index (χ0) is 17.0. The van der Waals surface area contributed by atoms with Gasteiger partial charge in [-0.15, -0.1) is 0 Å². The molecule has 0 fully saturated rings. The number of hydrogen-bond donors (Lipinski definition) is 2. The van der Waals surface area contributed by atoms with Crippen LogP contribution >= 0.6 is 15.9 Å². The van der Waals surface area contributed by atoms with Gasteiger partial charge in [0.05, 0.1) is 0 Å². The van der Waals surface area contributed by atoms with E-state index in [9.17, 15) is 23.5 Å². The fraction of sp³-hybridized carbons (Fsp3) is 0.125. The Hall–Kier alpha value is -2.28. The van der Waals surface area contributed by atoms with E-state index in [-0.39, 0.29) is 12.0 Å². The zero-order valence-corrected chi connectivity index (χ0v) is 13.3. The van der Waals surface area contributed by atoms with E-state index in [4.69, 9.17) is 0 Å². The van der Waals surface area contributed by atoms with Gasteiger partial charge in [-0.05, 0) is 29.8 Å². The molecule has 2 rings (SSSR count). The van der Waals surface area contributed by atoms with E-state index in [1.807, 2.05) is 0 Å². The summed E-state index contributed by atoms with van der Waals surface area (Å²) in [6.45, 7) is 0. The molecule has 23 heavy (non-hydrogen) atoms. The molecule has 0 aliphatic rings. The summed E-state index contributed by atoms with van der Waals surface area (Å²) in [6, 6.07) is 8.07. The Bertz CT molecular complexity index is 732. The lowest BCUT2D eigenvalue weighted by atomic mass is 10.1. The third-order valence-corrected chi connectivity index (χ3v) is 3.55. The number of carboxylic acid groups (broad SMARTS) is 1. The number of hydrogen-bond acceptors (Lipinski definition) is 2. The molecular weight excluding hydrogens is 372 g/mol. The highest BCUT2D eigenvalue weighted by Gasteiger charge is 2.22. The number of carbonyl (C=O) groups excluding carboxylic acids is 1. The Morgan fingerprint density at radius 3 is 2.35 bits per heavy atom. The normalized spacial score (nSPS) is 11.8. The number of carbonyl (C=O) groups is 2. The molecule has 4 nitrogen and oxygen atoms in total. The average Bonchev–Trinajstić information content (AvgIpc) is 2.45. The minimum atomic E-state index is -1.24. The monoisotopic (exact) mass is 383 g/mol. The number of carboxylic acids is 1. The average molecular weight is 384 g/mol. The van der Waals surface area contributed by atoms with Crippen LogP contribution in [0.2, 0.25) is 0 Å². The third kappa shape index (κ3) is 4.85. The van der Waals surface area contributed by atoms with Crippen LogP contribution in [0.1, 0.15) is 15.9 Å². The minimum absolute atomic E-state index is 0.0400. The molecule has 0 saturated heterocycles. The SMILES string of the molecule is O=C(N[C@@H](Cc1cccc(Br)c1)C(=O)O)c1cc(F)cc(F)c1. The highest BCUT2D eigenvalue weighted by Crippen LogP contribution is 2.14. The lowest BCUT2D eigenvalue weighted by Crippen LogP contribution is -2.42. The Balaban J connectivity index is 2.15. The maximum Gasteiger partial charge on any atom is 0.326 e. The Morgan fingerprint density at radius 1 is 1.13 bits per heavy atom. The Labute approximate surface area is 139 Å². The minimum Gasteiger partial charge on any atom is -0.480 e. The van der Waals surface area contributed by atoms with Crippen molar-refractivity contribution in [2.75, 3.05) is 0 Å². The van der Waals surface area contributed by atoms with Gasteiger partial charge in [-0.2, -0.15) is 0 Å². The smallest absolute Gasteiger partial charge is 0.326 e. The second kappa shape index (κ2) is 7.32. The second-order valence-corrected chi connectivity index (χ2v) is 5.77. The maximum absolute atomic E-state index is 13.1. The van der Waals surface area contributed by atoms with Crippen LogP contribution < -0.4 is 5.32 Å². The Kier molecular flexibility index (Phi) is 5.44. The number of nitrogens with one attached hydrogen (secondary N) is 1. The predicted octanol–water partition coefficient (Wildman–Crippen LogP) is 3.15. The molecule has 1 atom stereocenters. The zero-order valence-electron chi connectivity index (χ0n) is 11.7. The first-order chi connectivity index (χ1) is 10.8. The summed E-state index contributed by atoms with van der Waals surface area (Å²) in [4.78, 5) is 23.3. The molecule has 1 amide bonds. The predicted molar refractivity (Wildman–Crippen MR) is 83.1 cm³/mol. The molecule has 0 saturated carbocycles. The van der Waals surface area contributed by atoms with Crippen LogP contribution in [0.15, 0.2) is 46.9 Å². The molecule has 0 unspecified atom stereocenters. The molecule has 0 aromatic heterocycles. The van der Waals surface area contributed by atoms with Crippen molar-refractivity contribution >= 4 is 27.8 Å². The van der Waals surface area contributed by atoms with Crippen LogP contribution in [0, 0.1) is 11.6 Å². The number of amides is 1. The number of benzene rings is 2. The molecule has 0 aliphatic heterocycles. The van der Waals surface area contributed by atoms with Gasteiger partial charge in [-0.1, -0.05) is 28.1 Å².